The van der Waals surface area contributed by atoms with Crippen molar-refractivity contribution in [2.24, 2.45) is 4.99 Å². The van der Waals surface area contributed by atoms with Crippen molar-refractivity contribution in [1.82, 2.24) is 4.90 Å². The van der Waals surface area contributed by atoms with Gasteiger partial charge in [0.1, 0.15) is 0 Å². The molecule has 0 unspecified atom stereocenters. The number of amidine groups is 1. The Kier molecular flexibility index (Phi) is 5.52. The first-order valence-corrected chi connectivity index (χ1v) is 9.65. The summed E-state index contributed by atoms with van der Waals surface area (Å²) >= 11 is 3.38. The fourth-order valence-corrected chi connectivity index (χ4v) is 4.18. The first kappa shape index (κ1) is 17.0. The number of nitrogens with zero attached hydrogens (tertiary/aromatic N) is 2. The van der Waals surface area contributed by atoms with E-state index in [0.29, 0.717) is 11.5 Å². The highest BCUT2D eigenvalue weighted by atomic mass is 32.2. The quantitative estimate of drug-likeness (QED) is 0.892. The molecule has 3 rings (SSSR count). The van der Waals surface area contributed by atoms with Gasteiger partial charge in [-0.2, -0.15) is 16.8 Å². The highest BCUT2D eigenvalue weighted by Gasteiger charge is 2.25. The number of amides is 1. The summed E-state index contributed by atoms with van der Waals surface area (Å²) in [6, 6.07) is 5.23. The molecule has 1 saturated heterocycles. The predicted octanol–water partition coefficient (Wildman–Crippen LogP) is 2.98. The third-order valence-corrected chi connectivity index (χ3v) is 5.55. The van der Waals surface area contributed by atoms with E-state index in [4.69, 9.17) is 4.74 Å². The Morgan fingerprint density at radius 3 is 3.00 bits per heavy atom. The van der Waals surface area contributed by atoms with Gasteiger partial charge in [-0.3, -0.25) is 4.79 Å². The van der Waals surface area contributed by atoms with Crippen molar-refractivity contribution in [1.29, 1.82) is 0 Å². The van der Waals surface area contributed by atoms with E-state index in [2.05, 4.69) is 16.0 Å². The van der Waals surface area contributed by atoms with Crippen molar-refractivity contribution in [2.45, 2.75) is 0 Å². The largest absolute Gasteiger partial charge is 0.504 e. The summed E-state index contributed by atoms with van der Waals surface area (Å²) in [5.74, 6) is 2.90. The summed E-state index contributed by atoms with van der Waals surface area (Å²) < 4.78 is 5.12. The number of allylic oxidation sites excluding steroid dienone is 2. The van der Waals surface area contributed by atoms with Gasteiger partial charge in [0, 0.05) is 23.7 Å². The van der Waals surface area contributed by atoms with Crippen LogP contribution in [-0.2, 0) is 4.79 Å². The number of carbonyl (C=O) groups is 1. The number of hydrogen-bond acceptors (Lipinski definition) is 6. The number of hydrogen-bond donors (Lipinski definition) is 1. The zero-order valence-electron chi connectivity index (χ0n) is 13.3. The van der Waals surface area contributed by atoms with Gasteiger partial charge in [-0.15, -0.1) is 0 Å². The van der Waals surface area contributed by atoms with Gasteiger partial charge >= 0.3 is 0 Å². The van der Waals surface area contributed by atoms with Gasteiger partial charge in [-0.05, 0) is 23.8 Å². The summed E-state index contributed by atoms with van der Waals surface area (Å²) in [7, 11) is 1.53. The molecule has 2 heterocycles. The standard InChI is InChI=1S/C17H18N2O3S2/c1-22-15-9-12(5-6-14(15)20)3-2-4-13-10-23-8-7-19(13)17-18-16(21)11-24-17/h2-6,9,20H,7-8,10-11H2,1H3/b3-2+,13-4+. The maximum absolute atomic E-state index is 11.4. The minimum absolute atomic E-state index is 0.0562. The van der Waals surface area contributed by atoms with E-state index in [1.807, 2.05) is 30.0 Å². The molecule has 1 N–H and O–H groups in total. The fourth-order valence-electron chi connectivity index (χ4n) is 2.41. The van der Waals surface area contributed by atoms with Crippen LogP contribution in [-0.4, -0.2) is 52.0 Å². The van der Waals surface area contributed by atoms with E-state index in [1.165, 1.54) is 18.9 Å². The Labute approximate surface area is 149 Å². The van der Waals surface area contributed by atoms with E-state index < -0.39 is 0 Å². The summed E-state index contributed by atoms with van der Waals surface area (Å²) in [4.78, 5) is 17.6. The maximum Gasteiger partial charge on any atom is 0.258 e. The molecule has 0 radical (unpaired) electrons. The van der Waals surface area contributed by atoms with Gasteiger partial charge in [-0.25, -0.2) is 0 Å². The number of phenolic OH excluding ortho intramolecular Hbond substituents is 1. The SMILES string of the molecule is COc1cc(/C=C/C=C2\CSCCN2C2=NC(=O)CS2)ccc1O. The molecule has 1 fully saturated rings. The first-order valence-electron chi connectivity index (χ1n) is 7.51. The number of ether oxygens (including phenoxy) is 1. The van der Waals surface area contributed by atoms with Gasteiger partial charge in [0.25, 0.3) is 5.91 Å². The van der Waals surface area contributed by atoms with Crippen molar-refractivity contribution in [3.63, 3.8) is 0 Å². The molecule has 0 saturated carbocycles. The second kappa shape index (κ2) is 7.81. The van der Waals surface area contributed by atoms with Crippen LogP contribution in [0.25, 0.3) is 6.08 Å². The van der Waals surface area contributed by atoms with Crippen molar-refractivity contribution in [2.75, 3.05) is 30.9 Å². The van der Waals surface area contributed by atoms with E-state index >= 15 is 0 Å². The van der Waals surface area contributed by atoms with E-state index in [9.17, 15) is 9.90 Å². The van der Waals surface area contributed by atoms with Crippen molar-refractivity contribution < 1.29 is 14.6 Å². The molecule has 0 bridgehead atoms. The van der Waals surface area contributed by atoms with Crippen molar-refractivity contribution in [3.8, 4) is 11.5 Å². The number of carbonyl (C=O) groups excluding carboxylic acids is 1. The Hall–Kier alpha value is -1.86. The Bertz CT molecular complexity index is 729. The molecule has 5 nitrogen and oxygen atoms in total. The molecule has 0 aliphatic carbocycles. The van der Waals surface area contributed by atoms with Crippen LogP contribution in [0.3, 0.4) is 0 Å². The lowest BCUT2D eigenvalue weighted by atomic mass is 10.2. The molecule has 1 amide bonds. The maximum atomic E-state index is 11.4. The normalized spacial score (nSPS) is 20.0. The van der Waals surface area contributed by atoms with Gasteiger partial charge in [0.05, 0.1) is 12.9 Å². The lowest BCUT2D eigenvalue weighted by Gasteiger charge is -2.30. The van der Waals surface area contributed by atoms with Crippen LogP contribution in [0.15, 0.2) is 41.0 Å². The van der Waals surface area contributed by atoms with Gasteiger partial charge in [0.15, 0.2) is 16.7 Å². The van der Waals surface area contributed by atoms with Crippen LogP contribution in [0.2, 0.25) is 0 Å². The molecule has 24 heavy (non-hydrogen) atoms. The zero-order valence-corrected chi connectivity index (χ0v) is 14.9. The molecule has 7 heteroatoms. The monoisotopic (exact) mass is 362 g/mol. The van der Waals surface area contributed by atoms with Crippen LogP contribution >= 0.6 is 23.5 Å². The molecule has 126 valence electrons. The number of aromatic hydroxyl groups is 1. The number of benzene rings is 1. The number of rotatable bonds is 3. The number of aliphatic imine (C=N–C) groups is 1. The van der Waals surface area contributed by atoms with Crippen molar-refractivity contribution >= 4 is 40.7 Å². The van der Waals surface area contributed by atoms with E-state index in [-0.39, 0.29) is 11.7 Å². The smallest absolute Gasteiger partial charge is 0.258 e. The van der Waals surface area contributed by atoms with Gasteiger partial charge < -0.3 is 14.7 Å². The number of thioether (sulfide) groups is 2. The molecule has 0 aromatic heterocycles. The minimum atomic E-state index is -0.0562. The van der Waals surface area contributed by atoms with Gasteiger partial charge in [0.2, 0.25) is 0 Å². The van der Waals surface area contributed by atoms with Crippen LogP contribution in [0.5, 0.6) is 11.5 Å². The van der Waals surface area contributed by atoms with E-state index in [1.54, 1.807) is 12.1 Å². The van der Waals surface area contributed by atoms with E-state index in [0.717, 1.165) is 34.5 Å². The lowest BCUT2D eigenvalue weighted by molar-refractivity contribution is -0.115. The Balaban J connectivity index is 1.76. The summed E-state index contributed by atoms with van der Waals surface area (Å²) in [6.45, 7) is 0.872. The topological polar surface area (TPSA) is 62.1 Å². The molecule has 1 aromatic carbocycles. The predicted molar refractivity (Wildman–Crippen MR) is 101 cm³/mol. The summed E-state index contributed by atoms with van der Waals surface area (Å²) in [5, 5.41) is 10.4. The summed E-state index contributed by atoms with van der Waals surface area (Å²) in [5.41, 5.74) is 2.09. The zero-order chi connectivity index (χ0) is 16.9. The van der Waals surface area contributed by atoms with Crippen LogP contribution in [0, 0.1) is 0 Å². The van der Waals surface area contributed by atoms with Crippen LogP contribution < -0.4 is 4.74 Å². The molecule has 0 atom stereocenters. The molecule has 2 aliphatic heterocycles. The third-order valence-electron chi connectivity index (χ3n) is 3.61. The Morgan fingerprint density at radius 1 is 1.38 bits per heavy atom. The molecular formula is C17H18N2O3S2. The van der Waals surface area contributed by atoms with Gasteiger partial charge in [-0.1, -0.05) is 30.0 Å². The number of methoxy groups -OCH3 is 1. The number of phenols is 1. The second-order valence-electron chi connectivity index (χ2n) is 5.23. The average Bonchev–Trinajstić information content (AvgIpc) is 3.03. The van der Waals surface area contributed by atoms with Crippen molar-refractivity contribution in [3.05, 3.63) is 41.6 Å². The summed E-state index contributed by atoms with van der Waals surface area (Å²) in [6.07, 6.45) is 5.99. The van der Waals surface area contributed by atoms with Crippen LogP contribution in [0.1, 0.15) is 5.56 Å². The highest BCUT2D eigenvalue weighted by molar-refractivity contribution is 8.14. The molecule has 0 spiro atoms. The lowest BCUT2D eigenvalue weighted by Crippen LogP contribution is -2.34. The third kappa shape index (κ3) is 3.96. The van der Waals surface area contributed by atoms with Crippen LogP contribution in [0.4, 0.5) is 0 Å². The second-order valence-corrected chi connectivity index (χ2v) is 7.28. The molecular weight excluding hydrogens is 344 g/mol. The minimum Gasteiger partial charge on any atom is -0.504 e. The highest BCUT2D eigenvalue weighted by Crippen LogP contribution is 2.28. The average molecular weight is 362 g/mol. The molecule has 1 aromatic rings. The Morgan fingerprint density at radius 2 is 2.25 bits per heavy atom. The fraction of sp³-hybridized carbons (Fsp3) is 0.294. The molecule has 2 aliphatic rings. The first-order chi connectivity index (χ1) is 11.7.